The van der Waals surface area contributed by atoms with Gasteiger partial charge in [0.1, 0.15) is 17.7 Å². The maximum atomic E-state index is 11.3. The second-order valence-corrected chi connectivity index (χ2v) is 8.44. The molecule has 0 saturated carbocycles. The van der Waals surface area contributed by atoms with Crippen molar-refractivity contribution in [2.24, 2.45) is 0 Å². The molecule has 26 heavy (non-hydrogen) atoms. The van der Waals surface area contributed by atoms with Crippen LogP contribution in [0.15, 0.2) is 58.2 Å². The Hall–Kier alpha value is -1.63. The Morgan fingerprint density at radius 1 is 1.15 bits per heavy atom. The number of halogens is 1. The van der Waals surface area contributed by atoms with Gasteiger partial charge >= 0.3 is 0 Å². The van der Waals surface area contributed by atoms with Gasteiger partial charge in [-0.05, 0) is 55.0 Å². The van der Waals surface area contributed by atoms with E-state index in [1.165, 1.54) is 4.90 Å². The Labute approximate surface area is 165 Å². The van der Waals surface area contributed by atoms with Crippen LogP contribution >= 0.6 is 27.7 Å². The molecule has 1 saturated heterocycles. The van der Waals surface area contributed by atoms with E-state index in [2.05, 4.69) is 49.2 Å². The second kappa shape index (κ2) is 7.18. The summed E-state index contributed by atoms with van der Waals surface area (Å²) < 4.78 is 1.02. The van der Waals surface area contributed by atoms with Crippen LogP contribution in [0.3, 0.4) is 0 Å². The average Bonchev–Trinajstić information content (AvgIpc) is 2.67. The topological polar surface area (TPSA) is 49.2 Å². The molecule has 0 bridgehead atoms. The summed E-state index contributed by atoms with van der Waals surface area (Å²) in [4.78, 5) is 12.4. The van der Waals surface area contributed by atoms with E-state index in [0.717, 1.165) is 46.1 Å². The Kier molecular flexibility index (Phi) is 4.90. The van der Waals surface area contributed by atoms with Crippen molar-refractivity contribution in [3.8, 4) is 0 Å². The molecule has 2 aromatic carbocycles. The number of thioether (sulfide) groups is 1. The number of benzene rings is 2. The van der Waals surface area contributed by atoms with Gasteiger partial charge in [0.25, 0.3) is 0 Å². The smallest absolute Gasteiger partial charge is 0.140 e. The van der Waals surface area contributed by atoms with Crippen LogP contribution in [0.4, 0.5) is 5.82 Å². The third-order valence-electron chi connectivity index (χ3n) is 4.97. The molecule has 134 valence electrons. The van der Waals surface area contributed by atoms with E-state index < -0.39 is 5.60 Å². The number of β-amino-alcohol motifs (C(OH)–C–C–N with tert-alkyl or cyclic N) is 1. The molecule has 1 aliphatic rings. The number of aliphatic hydroxyl groups is 1. The summed E-state index contributed by atoms with van der Waals surface area (Å²) in [6.45, 7) is 1.42. The lowest BCUT2D eigenvalue weighted by atomic mass is 9.85. The van der Waals surface area contributed by atoms with E-state index >= 15 is 0 Å². The molecule has 1 N–H and O–H groups in total. The number of aromatic nitrogens is 2. The summed E-state index contributed by atoms with van der Waals surface area (Å²) in [6, 6.07) is 14.2. The molecule has 1 atom stereocenters. The molecule has 6 heteroatoms. The predicted octanol–water partition coefficient (Wildman–Crippen LogP) is 4.60. The number of nitrogens with zero attached hydrogens (tertiary/aromatic N) is 3. The van der Waals surface area contributed by atoms with Crippen molar-refractivity contribution in [3.63, 3.8) is 0 Å². The van der Waals surface area contributed by atoms with Gasteiger partial charge in [-0.2, -0.15) is 0 Å². The van der Waals surface area contributed by atoms with Gasteiger partial charge in [0, 0.05) is 21.3 Å². The predicted molar refractivity (Wildman–Crippen MR) is 111 cm³/mol. The SMILES string of the molecule is CSc1ccc2ncnc(N3CCCC(O)(c4ccc(Br)cc4)C3)c2c1. The fourth-order valence-electron chi connectivity index (χ4n) is 3.61. The Morgan fingerprint density at radius 3 is 2.73 bits per heavy atom. The number of rotatable bonds is 3. The van der Waals surface area contributed by atoms with E-state index in [-0.39, 0.29) is 0 Å². The van der Waals surface area contributed by atoms with Crippen LogP contribution < -0.4 is 4.90 Å². The van der Waals surface area contributed by atoms with Crippen LogP contribution in [-0.2, 0) is 5.60 Å². The molecule has 0 radical (unpaired) electrons. The third kappa shape index (κ3) is 3.33. The Bertz CT molecular complexity index is 934. The fourth-order valence-corrected chi connectivity index (χ4v) is 4.32. The largest absolute Gasteiger partial charge is 0.383 e. The summed E-state index contributed by atoms with van der Waals surface area (Å²) in [5.41, 5.74) is 1.02. The fraction of sp³-hybridized carbons (Fsp3) is 0.300. The zero-order valence-electron chi connectivity index (χ0n) is 14.5. The molecule has 2 heterocycles. The van der Waals surface area contributed by atoms with Crippen molar-refractivity contribution in [2.45, 2.75) is 23.3 Å². The summed E-state index contributed by atoms with van der Waals surface area (Å²) in [7, 11) is 0. The first-order chi connectivity index (χ1) is 12.6. The average molecular weight is 430 g/mol. The normalized spacial score (nSPS) is 20.5. The van der Waals surface area contributed by atoms with Gasteiger partial charge in [0.05, 0.1) is 12.1 Å². The number of piperidine rings is 1. The first kappa shape index (κ1) is 17.8. The van der Waals surface area contributed by atoms with Crippen LogP contribution in [0.1, 0.15) is 18.4 Å². The first-order valence-electron chi connectivity index (χ1n) is 8.61. The van der Waals surface area contributed by atoms with Crippen molar-refractivity contribution < 1.29 is 5.11 Å². The van der Waals surface area contributed by atoms with E-state index in [9.17, 15) is 5.11 Å². The van der Waals surface area contributed by atoms with E-state index in [1.807, 2.05) is 30.3 Å². The maximum absolute atomic E-state index is 11.3. The Balaban J connectivity index is 1.72. The third-order valence-corrected chi connectivity index (χ3v) is 6.23. The lowest BCUT2D eigenvalue weighted by Crippen LogP contribution is -2.46. The van der Waals surface area contributed by atoms with Crippen LogP contribution in [0, 0.1) is 0 Å². The van der Waals surface area contributed by atoms with Gasteiger partial charge in [-0.25, -0.2) is 9.97 Å². The van der Waals surface area contributed by atoms with Crippen LogP contribution in [0.5, 0.6) is 0 Å². The Morgan fingerprint density at radius 2 is 1.96 bits per heavy atom. The molecule has 1 aromatic heterocycles. The molecule has 0 amide bonds. The highest BCUT2D eigenvalue weighted by molar-refractivity contribution is 9.10. The zero-order valence-corrected chi connectivity index (χ0v) is 16.9. The highest BCUT2D eigenvalue weighted by Gasteiger charge is 2.36. The molecule has 1 fully saturated rings. The van der Waals surface area contributed by atoms with E-state index in [0.29, 0.717) is 6.54 Å². The monoisotopic (exact) mass is 429 g/mol. The van der Waals surface area contributed by atoms with Gasteiger partial charge < -0.3 is 10.0 Å². The quantitative estimate of drug-likeness (QED) is 0.616. The van der Waals surface area contributed by atoms with Crippen LogP contribution in [0.2, 0.25) is 0 Å². The molecule has 0 spiro atoms. The highest BCUT2D eigenvalue weighted by Crippen LogP contribution is 2.36. The minimum atomic E-state index is -0.868. The molecule has 4 rings (SSSR count). The summed E-state index contributed by atoms with van der Waals surface area (Å²) in [6.07, 6.45) is 5.35. The molecule has 3 aromatic rings. The van der Waals surface area contributed by atoms with Gasteiger partial charge in [-0.3, -0.25) is 0 Å². The minimum absolute atomic E-state index is 0.532. The summed E-state index contributed by atoms with van der Waals surface area (Å²) >= 11 is 5.17. The van der Waals surface area contributed by atoms with Gasteiger partial charge in [-0.1, -0.05) is 28.1 Å². The number of hydrogen-bond acceptors (Lipinski definition) is 5. The van der Waals surface area contributed by atoms with Gasteiger partial charge in [0.15, 0.2) is 0 Å². The first-order valence-corrected chi connectivity index (χ1v) is 10.6. The van der Waals surface area contributed by atoms with Crippen molar-refractivity contribution >= 4 is 44.4 Å². The lowest BCUT2D eigenvalue weighted by Gasteiger charge is -2.40. The van der Waals surface area contributed by atoms with E-state index in [4.69, 9.17) is 0 Å². The van der Waals surface area contributed by atoms with Gasteiger partial charge in [0.2, 0.25) is 0 Å². The van der Waals surface area contributed by atoms with Crippen molar-refractivity contribution in [2.75, 3.05) is 24.2 Å². The molecule has 4 nitrogen and oxygen atoms in total. The van der Waals surface area contributed by atoms with Crippen molar-refractivity contribution in [1.29, 1.82) is 0 Å². The number of hydrogen-bond donors (Lipinski definition) is 1. The van der Waals surface area contributed by atoms with Crippen molar-refractivity contribution in [1.82, 2.24) is 9.97 Å². The molecular weight excluding hydrogens is 410 g/mol. The summed E-state index contributed by atoms with van der Waals surface area (Å²) in [5, 5.41) is 12.4. The highest BCUT2D eigenvalue weighted by atomic mass is 79.9. The summed E-state index contributed by atoms with van der Waals surface area (Å²) in [5.74, 6) is 0.904. The standard InChI is InChI=1S/C20H20BrN3OS/c1-26-16-7-8-18-17(11-16)19(23-13-22-18)24-10-2-9-20(25,12-24)14-3-5-15(21)6-4-14/h3-8,11,13,25H,2,9-10,12H2,1H3. The van der Waals surface area contributed by atoms with Crippen LogP contribution in [0.25, 0.3) is 10.9 Å². The molecule has 1 aliphatic heterocycles. The number of anilines is 1. The number of fused-ring (bicyclic) bond motifs is 1. The van der Waals surface area contributed by atoms with Crippen molar-refractivity contribution in [3.05, 3.63) is 58.8 Å². The minimum Gasteiger partial charge on any atom is -0.383 e. The lowest BCUT2D eigenvalue weighted by molar-refractivity contribution is 0.0218. The maximum Gasteiger partial charge on any atom is 0.140 e. The van der Waals surface area contributed by atoms with Crippen LogP contribution in [-0.4, -0.2) is 34.4 Å². The van der Waals surface area contributed by atoms with E-state index in [1.54, 1.807) is 18.1 Å². The second-order valence-electron chi connectivity index (χ2n) is 6.64. The van der Waals surface area contributed by atoms with Gasteiger partial charge in [-0.15, -0.1) is 11.8 Å². The molecule has 1 unspecified atom stereocenters. The zero-order chi connectivity index (χ0) is 18.1. The molecular formula is C20H20BrN3OS. The molecule has 0 aliphatic carbocycles.